The number of aliphatic hydroxyl groups excluding tert-OH is 1. The molecule has 1 aliphatic rings. The molecule has 0 spiro atoms. The molecule has 3 aromatic carbocycles. The number of Topliss-reactive ketones (excluding diaryl/α,β-unsaturated/α-hetero) is 1. The zero-order valence-electron chi connectivity index (χ0n) is 18.1. The number of aryl methyl sites for hydroxylation is 1. The first kappa shape index (κ1) is 21.4. The highest BCUT2D eigenvalue weighted by atomic mass is 16.5. The summed E-state index contributed by atoms with van der Waals surface area (Å²) in [6, 6.07) is 23.0. The van der Waals surface area contributed by atoms with Gasteiger partial charge in [-0.05, 0) is 60.9 Å². The van der Waals surface area contributed by atoms with E-state index in [1.165, 1.54) is 4.90 Å². The molecule has 1 heterocycles. The average molecular weight is 428 g/mol. The second kappa shape index (κ2) is 9.10. The Morgan fingerprint density at radius 3 is 2.16 bits per heavy atom. The van der Waals surface area contributed by atoms with Crippen molar-refractivity contribution in [1.82, 2.24) is 0 Å². The summed E-state index contributed by atoms with van der Waals surface area (Å²) in [5.41, 5.74) is 3.03. The lowest BCUT2D eigenvalue weighted by atomic mass is 9.95. The minimum absolute atomic E-state index is 0.0740. The number of hydrogen-bond acceptors (Lipinski definition) is 4. The highest BCUT2D eigenvalue weighted by molar-refractivity contribution is 6.51. The summed E-state index contributed by atoms with van der Waals surface area (Å²) in [6.07, 6.45) is 0.874. The van der Waals surface area contributed by atoms with E-state index in [-0.39, 0.29) is 11.3 Å². The van der Waals surface area contributed by atoms with Gasteiger partial charge in [-0.2, -0.15) is 0 Å². The lowest BCUT2D eigenvalue weighted by Gasteiger charge is -2.25. The highest BCUT2D eigenvalue weighted by Gasteiger charge is 2.46. The van der Waals surface area contributed by atoms with Crippen molar-refractivity contribution < 1.29 is 19.4 Å². The largest absolute Gasteiger partial charge is 0.507 e. The molecule has 1 N–H and O–H groups in total. The van der Waals surface area contributed by atoms with E-state index in [1.54, 1.807) is 24.3 Å². The fourth-order valence-corrected chi connectivity index (χ4v) is 3.97. The van der Waals surface area contributed by atoms with Crippen LogP contribution in [0, 0.1) is 0 Å². The van der Waals surface area contributed by atoms with E-state index >= 15 is 0 Å². The number of hydrogen-bond donors (Lipinski definition) is 1. The molecule has 0 aromatic heterocycles. The van der Waals surface area contributed by atoms with E-state index in [2.05, 4.69) is 6.92 Å². The van der Waals surface area contributed by atoms with Crippen molar-refractivity contribution >= 4 is 23.1 Å². The van der Waals surface area contributed by atoms with Crippen LogP contribution in [-0.2, 0) is 16.0 Å². The maximum absolute atomic E-state index is 13.1. The number of ether oxygens (including phenoxy) is 1. The quantitative estimate of drug-likeness (QED) is 0.330. The lowest BCUT2D eigenvalue weighted by Crippen LogP contribution is -2.29. The van der Waals surface area contributed by atoms with Crippen LogP contribution in [0.4, 0.5) is 5.69 Å². The van der Waals surface area contributed by atoms with Gasteiger partial charge in [-0.25, -0.2) is 0 Å². The Morgan fingerprint density at radius 2 is 1.56 bits per heavy atom. The van der Waals surface area contributed by atoms with Crippen LogP contribution in [0.3, 0.4) is 0 Å². The van der Waals surface area contributed by atoms with E-state index in [4.69, 9.17) is 4.74 Å². The summed E-state index contributed by atoms with van der Waals surface area (Å²) in [6.45, 7) is 4.48. The maximum atomic E-state index is 13.1. The van der Waals surface area contributed by atoms with E-state index < -0.39 is 17.7 Å². The molecule has 5 nitrogen and oxygen atoms in total. The van der Waals surface area contributed by atoms with E-state index in [0.717, 1.165) is 17.5 Å². The highest BCUT2D eigenvalue weighted by Crippen LogP contribution is 2.42. The lowest BCUT2D eigenvalue weighted by molar-refractivity contribution is -0.132. The van der Waals surface area contributed by atoms with Gasteiger partial charge in [0, 0.05) is 11.3 Å². The Bertz CT molecular complexity index is 1150. The topological polar surface area (TPSA) is 66.8 Å². The standard InChI is InChI=1S/C27H25NO4/c1-3-18-10-14-21(15-11-18)28-24(19-8-6-5-7-9-19)23(26(30)27(28)31)25(29)20-12-16-22(17-13-20)32-4-2/h5-17,24,29H,3-4H2,1-2H3/b25-23+. The Hall–Kier alpha value is -3.86. The third-order valence-corrected chi connectivity index (χ3v) is 5.62. The van der Waals surface area contributed by atoms with Gasteiger partial charge in [-0.3, -0.25) is 14.5 Å². The Labute approximate surface area is 187 Å². The van der Waals surface area contributed by atoms with Crippen molar-refractivity contribution in [2.75, 3.05) is 11.5 Å². The molecular formula is C27H25NO4. The monoisotopic (exact) mass is 427 g/mol. The Kier molecular flexibility index (Phi) is 6.08. The summed E-state index contributed by atoms with van der Waals surface area (Å²) in [4.78, 5) is 27.8. The molecule has 1 fully saturated rings. The molecule has 1 amide bonds. The van der Waals surface area contributed by atoms with Gasteiger partial charge >= 0.3 is 0 Å². The molecule has 1 unspecified atom stereocenters. The average Bonchev–Trinajstić information content (AvgIpc) is 3.10. The number of carbonyl (C=O) groups is 2. The van der Waals surface area contributed by atoms with Crippen LogP contribution in [-0.4, -0.2) is 23.4 Å². The number of amides is 1. The van der Waals surface area contributed by atoms with E-state index in [1.807, 2.05) is 61.5 Å². The fourth-order valence-electron chi connectivity index (χ4n) is 3.97. The minimum Gasteiger partial charge on any atom is -0.507 e. The Balaban J connectivity index is 1.85. The van der Waals surface area contributed by atoms with Gasteiger partial charge in [-0.1, -0.05) is 49.4 Å². The van der Waals surface area contributed by atoms with Crippen LogP contribution < -0.4 is 9.64 Å². The van der Waals surface area contributed by atoms with E-state index in [9.17, 15) is 14.7 Å². The molecule has 1 atom stereocenters. The second-order valence-corrected chi connectivity index (χ2v) is 7.56. The Morgan fingerprint density at radius 1 is 0.906 bits per heavy atom. The first-order valence-corrected chi connectivity index (χ1v) is 10.7. The molecule has 0 bridgehead atoms. The molecular weight excluding hydrogens is 402 g/mol. The van der Waals surface area contributed by atoms with Crippen LogP contribution >= 0.6 is 0 Å². The van der Waals surface area contributed by atoms with Gasteiger partial charge in [-0.15, -0.1) is 0 Å². The van der Waals surface area contributed by atoms with Gasteiger partial charge in [0.15, 0.2) is 0 Å². The molecule has 1 aliphatic heterocycles. The van der Waals surface area contributed by atoms with Crippen molar-refractivity contribution in [1.29, 1.82) is 0 Å². The normalized spacial score (nSPS) is 17.6. The summed E-state index contributed by atoms with van der Waals surface area (Å²) in [5.74, 6) is -0.895. The molecule has 0 saturated carbocycles. The van der Waals surface area contributed by atoms with Crippen molar-refractivity contribution in [3.05, 3.63) is 101 Å². The molecule has 5 heteroatoms. The third kappa shape index (κ3) is 3.89. The predicted molar refractivity (Wildman–Crippen MR) is 125 cm³/mol. The molecule has 1 saturated heterocycles. The maximum Gasteiger partial charge on any atom is 0.300 e. The third-order valence-electron chi connectivity index (χ3n) is 5.62. The van der Waals surface area contributed by atoms with Crippen molar-refractivity contribution in [2.24, 2.45) is 0 Å². The van der Waals surface area contributed by atoms with Crippen molar-refractivity contribution in [3.8, 4) is 5.75 Å². The smallest absolute Gasteiger partial charge is 0.300 e. The number of carbonyl (C=O) groups excluding carboxylic acids is 2. The molecule has 3 aromatic rings. The van der Waals surface area contributed by atoms with Gasteiger partial charge in [0.25, 0.3) is 11.7 Å². The summed E-state index contributed by atoms with van der Waals surface area (Å²) in [5, 5.41) is 11.1. The second-order valence-electron chi connectivity index (χ2n) is 7.56. The van der Waals surface area contributed by atoms with E-state index in [0.29, 0.717) is 23.6 Å². The van der Waals surface area contributed by atoms with Crippen LogP contribution in [0.25, 0.3) is 5.76 Å². The number of anilines is 1. The number of ketones is 1. The van der Waals surface area contributed by atoms with Crippen LogP contribution in [0.2, 0.25) is 0 Å². The van der Waals surface area contributed by atoms with Crippen molar-refractivity contribution in [3.63, 3.8) is 0 Å². The first-order valence-electron chi connectivity index (χ1n) is 10.7. The number of nitrogens with zero attached hydrogens (tertiary/aromatic N) is 1. The SMILES string of the molecule is CCOc1ccc(/C(O)=C2\C(=O)C(=O)N(c3ccc(CC)cc3)C2c2ccccc2)cc1. The minimum atomic E-state index is -0.727. The van der Waals surface area contributed by atoms with Gasteiger partial charge in [0.05, 0.1) is 18.2 Å². The summed E-state index contributed by atoms with van der Waals surface area (Å²) >= 11 is 0. The molecule has 4 rings (SSSR count). The molecule has 0 aliphatic carbocycles. The zero-order valence-corrected chi connectivity index (χ0v) is 18.1. The zero-order chi connectivity index (χ0) is 22.7. The number of rotatable bonds is 6. The summed E-state index contributed by atoms with van der Waals surface area (Å²) < 4.78 is 5.46. The summed E-state index contributed by atoms with van der Waals surface area (Å²) in [7, 11) is 0. The van der Waals surface area contributed by atoms with Gasteiger partial charge < -0.3 is 9.84 Å². The van der Waals surface area contributed by atoms with Gasteiger partial charge in [0.2, 0.25) is 0 Å². The molecule has 0 radical (unpaired) electrons. The number of aliphatic hydroxyl groups is 1. The van der Waals surface area contributed by atoms with Crippen LogP contribution in [0.1, 0.15) is 36.6 Å². The van der Waals surface area contributed by atoms with Crippen LogP contribution in [0.15, 0.2) is 84.4 Å². The molecule has 32 heavy (non-hydrogen) atoms. The molecule has 162 valence electrons. The number of benzene rings is 3. The first-order chi connectivity index (χ1) is 15.5. The predicted octanol–water partition coefficient (Wildman–Crippen LogP) is 5.27. The van der Waals surface area contributed by atoms with Gasteiger partial charge in [0.1, 0.15) is 11.5 Å². The van der Waals surface area contributed by atoms with Crippen LogP contribution in [0.5, 0.6) is 5.75 Å². The van der Waals surface area contributed by atoms with Crippen molar-refractivity contribution in [2.45, 2.75) is 26.3 Å². The fraction of sp³-hybridized carbons (Fsp3) is 0.185.